The molecule has 0 unspecified atom stereocenters. The molecule has 1 aromatic carbocycles. The van der Waals surface area contributed by atoms with E-state index in [2.05, 4.69) is 4.37 Å². The zero-order valence-corrected chi connectivity index (χ0v) is 9.25. The van der Waals surface area contributed by atoms with Gasteiger partial charge in [-0.25, -0.2) is 0 Å². The smallest absolute Gasteiger partial charge is 0.131 e. The quantitative estimate of drug-likeness (QED) is 0.865. The number of hydrogen-bond donors (Lipinski definition) is 1. The molecule has 0 aliphatic carbocycles. The Labute approximate surface area is 92.7 Å². The van der Waals surface area contributed by atoms with Crippen molar-refractivity contribution in [2.75, 3.05) is 5.73 Å². The molecule has 3 nitrogen and oxygen atoms in total. The molecule has 0 saturated carbocycles. The van der Waals surface area contributed by atoms with Gasteiger partial charge in [0.1, 0.15) is 17.4 Å². The van der Waals surface area contributed by atoms with Crippen LogP contribution in [0.3, 0.4) is 0 Å². The van der Waals surface area contributed by atoms with Crippen LogP contribution in [0, 0.1) is 6.92 Å². The summed E-state index contributed by atoms with van der Waals surface area (Å²) in [4.78, 5) is 0. The van der Waals surface area contributed by atoms with E-state index in [1.807, 2.05) is 37.3 Å². The van der Waals surface area contributed by atoms with Crippen molar-refractivity contribution in [2.45, 2.75) is 13.5 Å². The first kappa shape index (κ1) is 9.98. The first-order chi connectivity index (χ1) is 7.24. The van der Waals surface area contributed by atoms with Crippen molar-refractivity contribution < 1.29 is 4.74 Å². The van der Waals surface area contributed by atoms with Gasteiger partial charge in [-0.2, -0.15) is 4.37 Å². The van der Waals surface area contributed by atoms with Crippen LogP contribution in [0.1, 0.15) is 11.3 Å². The zero-order chi connectivity index (χ0) is 10.7. The lowest BCUT2D eigenvalue weighted by molar-refractivity contribution is 0.302. The lowest BCUT2D eigenvalue weighted by Gasteiger charge is -2.03. The molecule has 2 N–H and O–H groups in total. The highest BCUT2D eigenvalue weighted by atomic mass is 32.1. The first-order valence-corrected chi connectivity index (χ1v) is 5.42. The number of nitrogen functional groups attached to an aromatic ring is 1. The van der Waals surface area contributed by atoms with Gasteiger partial charge in [-0.15, -0.1) is 0 Å². The molecule has 0 spiro atoms. The van der Waals surface area contributed by atoms with Crippen molar-refractivity contribution in [2.24, 2.45) is 0 Å². The van der Waals surface area contributed by atoms with E-state index in [0.29, 0.717) is 6.61 Å². The Kier molecular flexibility index (Phi) is 2.87. The van der Waals surface area contributed by atoms with Gasteiger partial charge in [-0.3, -0.25) is 0 Å². The van der Waals surface area contributed by atoms with Gasteiger partial charge in [0, 0.05) is 0 Å². The summed E-state index contributed by atoms with van der Waals surface area (Å²) >= 11 is 1.29. The average molecular weight is 220 g/mol. The van der Waals surface area contributed by atoms with E-state index in [1.165, 1.54) is 17.1 Å². The lowest BCUT2D eigenvalue weighted by atomic mass is 10.2. The van der Waals surface area contributed by atoms with Crippen LogP contribution >= 0.6 is 11.5 Å². The molecule has 1 heterocycles. The Morgan fingerprint density at radius 1 is 1.33 bits per heavy atom. The molecule has 0 aliphatic rings. The van der Waals surface area contributed by atoms with E-state index >= 15 is 0 Å². The highest BCUT2D eigenvalue weighted by Crippen LogP contribution is 2.16. The molecule has 0 aliphatic heterocycles. The van der Waals surface area contributed by atoms with E-state index in [9.17, 15) is 0 Å². The lowest BCUT2D eigenvalue weighted by Crippen LogP contribution is -1.95. The van der Waals surface area contributed by atoms with Crippen molar-refractivity contribution >= 4 is 16.5 Å². The second-order valence-corrected chi connectivity index (χ2v) is 4.16. The van der Waals surface area contributed by atoms with Gasteiger partial charge in [0.25, 0.3) is 0 Å². The normalized spacial score (nSPS) is 10.2. The number of nitrogens with two attached hydrogens (primary N) is 1. The van der Waals surface area contributed by atoms with Crippen molar-refractivity contribution in [3.05, 3.63) is 41.6 Å². The molecule has 0 bridgehead atoms. The second-order valence-electron chi connectivity index (χ2n) is 3.32. The van der Waals surface area contributed by atoms with Crippen molar-refractivity contribution in [1.82, 2.24) is 4.37 Å². The molecule has 78 valence electrons. The number of aromatic nitrogens is 1. The molecular formula is C11H12N2OS. The molecule has 15 heavy (non-hydrogen) atoms. The van der Waals surface area contributed by atoms with Gasteiger partial charge in [0.15, 0.2) is 0 Å². The zero-order valence-electron chi connectivity index (χ0n) is 8.43. The third kappa shape index (κ3) is 2.70. The van der Waals surface area contributed by atoms with E-state index in [1.54, 1.807) is 0 Å². The third-order valence-electron chi connectivity index (χ3n) is 1.98. The standard InChI is InChI=1S/C11H12N2OS/c1-8-2-4-10(5-3-8)14-7-9-6-11(12)15-13-9/h2-6H,7,12H2,1H3. The maximum Gasteiger partial charge on any atom is 0.131 e. The van der Waals surface area contributed by atoms with Gasteiger partial charge in [-0.1, -0.05) is 17.7 Å². The Hall–Kier alpha value is -1.55. The van der Waals surface area contributed by atoms with Gasteiger partial charge in [-0.05, 0) is 36.7 Å². The van der Waals surface area contributed by atoms with Crippen LogP contribution in [0.2, 0.25) is 0 Å². The van der Waals surface area contributed by atoms with Gasteiger partial charge in [0.2, 0.25) is 0 Å². The van der Waals surface area contributed by atoms with Crippen LogP contribution in [0.4, 0.5) is 5.00 Å². The maximum atomic E-state index is 5.57. The van der Waals surface area contributed by atoms with Gasteiger partial charge >= 0.3 is 0 Å². The predicted octanol–water partition coefficient (Wildman–Crippen LogP) is 2.61. The van der Waals surface area contributed by atoms with Gasteiger partial charge in [0.05, 0.1) is 5.69 Å². The summed E-state index contributed by atoms with van der Waals surface area (Å²) < 4.78 is 9.69. The summed E-state index contributed by atoms with van der Waals surface area (Å²) in [5.41, 5.74) is 7.66. The Morgan fingerprint density at radius 3 is 2.67 bits per heavy atom. The summed E-state index contributed by atoms with van der Waals surface area (Å²) in [6.45, 7) is 2.52. The Morgan fingerprint density at radius 2 is 2.07 bits per heavy atom. The number of nitrogens with zero attached hydrogens (tertiary/aromatic N) is 1. The molecule has 0 atom stereocenters. The van der Waals surface area contributed by atoms with Crippen molar-refractivity contribution in [3.8, 4) is 5.75 Å². The number of aryl methyl sites for hydroxylation is 1. The minimum atomic E-state index is 0.469. The SMILES string of the molecule is Cc1ccc(OCc2cc(N)sn2)cc1. The number of benzene rings is 1. The Balaban J connectivity index is 1.96. The number of hydrogen-bond acceptors (Lipinski definition) is 4. The molecule has 0 radical (unpaired) electrons. The number of ether oxygens (including phenoxy) is 1. The average Bonchev–Trinajstić information content (AvgIpc) is 2.64. The summed E-state index contributed by atoms with van der Waals surface area (Å²) in [5, 5.41) is 0.720. The molecule has 2 rings (SSSR count). The van der Waals surface area contributed by atoms with E-state index in [-0.39, 0.29) is 0 Å². The number of anilines is 1. The van der Waals surface area contributed by atoms with E-state index in [4.69, 9.17) is 10.5 Å². The van der Waals surface area contributed by atoms with Crippen molar-refractivity contribution in [3.63, 3.8) is 0 Å². The van der Waals surface area contributed by atoms with Gasteiger partial charge < -0.3 is 10.5 Å². The minimum Gasteiger partial charge on any atom is -0.487 e. The summed E-state index contributed by atoms with van der Waals surface area (Å²) in [6, 6.07) is 9.77. The predicted molar refractivity (Wildman–Crippen MR) is 62.0 cm³/mol. The molecule has 0 amide bonds. The summed E-state index contributed by atoms with van der Waals surface area (Å²) in [5.74, 6) is 0.854. The van der Waals surface area contributed by atoms with E-state index in [0.717, 1.165) is 16.4 Å². The fraction of sp³-hybridized carbons (Fsp3) is 0.182. The minimum absolute atomic E-state index is 0.469. The molecule has 1 aromatic heterocycles. The molecule has 4 heteroatoms. The molecule has 0 saturated heterocycles. The van der Waals surface area contributed by atoms with Crippen LogP contribution in [0.15, 0.2) is 30.3 Å². The van der Waals surface area contributed by atoms with Crippen LogP contribution in [0.25, 0.3) is 0 Å². The fourth-order valence-electron chi connectivity index (χ4n) is 1.19. The second kappa shape index (κ2) is 4.31. The maximum absolute atomic E-state index is 5.57. The first-order valence-electron chi connectivity index (χ1n) is 4.64. The molecule has 2 aromatic rings. The van der Waals surface area contributed by atoms with Crippen LogP contribution in [0.5, 0.6) is 5.75 Å². The topological polar surface area (TPSA) is 48.1 Å². The highest BCUT2D eigenvalue weighted by molar-refractivity contribution is 7.09. The van der Waals surface area contributed by atoms with Crippen LogP contribution in [-0.4, -0.2) is 4.37 Å². The Bertz CT molecular complexity index is 436. The number of rotatable bonds is 3. The van der Waals surface area contributed by atoms with Crippen LogP contribution < -0.4 is 10.5 Å². The van der Waals surface area contributed by atoms with E-state index < -0.39 is 0 Å². The molecular weight excluding hydrogens is 208 g/mol. The fourth-order valence-corrected chi connectivity index (χ4v) is 1.70. The largest absolute Gasteiger partial charge is 0.487 e. The molecule has 0 fully saturated rings. The third-order valence-corrected chi connectivity index (χ3v) is 2.64. The van der Waals surface area contributed by atoms with Crippen molar-refractivity contribution in [1.29, 1.82) is 0 Å². The monoisotopic (exact) mass is 220 g/mol. The van der Waals surface area contributed by atoms with Crippen LogP contribution in [-0.2, 0) is 6.61 Å². The summed E-state index contributed by atoms with van der Waals surface area (Å²) in [6.07, 6.45) is 0. The summed E-state index contributed by atoms with van der Waals surface area (Å²) in [7, 11) is 0. The highest BCUT2D eigenvalue weighted by Gasteiger charge is 1.99.